The van der Waals surface area contributed by atoms with E-state index in [1.165, 1.54) is 83.5 Å². The molecule has 230 valence electrons. The van der Waals surface area contributed by atoms with Gasteiger partial charge in [-0.15, -0.1) is 0 Å². The molecule has 0 aliphatic heterocycles. The molecule has 6 rings (SSSR count). The first kappa shape index (κ1) is 31.1. The van der Waals surface area contributed by atoms with Gasteiger partial charge in [0.25, 0.3) is 0 Å². The lowest BCUT2D eigenvalue weighted by Crippen LogP contribution is -2.11. The van der Waals surface area contributed by atoms with Gasteiger partial charge in [-0.2, -0.15) is 0 Å². The Morgan fingerprint density at radius 3 is 0.696 bits per heavy atom. The molecule has 0 bridgehead atoms. The van der Waals surface area contributed by atoms with Crippen LogP contribution in [-0.4, -0.2) is 0 Å². The lowest BCUT2D eigenvalue weighted by atomic mass is 9.93. The highest BCUT2D eigenvalue weighted by Crippen LogP contribution is 2.41. The van der Waals surface area contributed by atoms with E-state index < -0.39 is 0 Å². The summed E-state index contributed by atoms with van der Waals surface area (Å²) in [6, 6.07) is 41.0. The third-order valence-electron chi connectivity index (χ3n) is 9.42. The van der Waals surface area contributed by atoms with Gasteiger partial charge >= 0.3 is 0 Å². The number of rotatable bonds is 6. The Hall–Kier alpha value is -4.88. The highest BCUT2D eigenvalue weighted by Gasteiger charge is 2.18. The maximum absolute atomic E-state index is 2.41. The second-order valence-corrected chi connectivity index (χ2v) is 13.3. The number of benzene rings is 6. The molecule has 0 aliphatic rings. The van der Waals surface area contributed by atoms with E-state index in [1.807, 2.05) is 0 Å². The lowest BCUT2D eigenvalue weighted by Gasteiger charge is -2.28. The molecule has 6 aromatic carbocycles. The van der Waals surface area contributed by atoms with Crippen molar-refractivity contribution in [3.8, 4) is 33.4 Å². The average molecular weight is 600 g/mol. The fraction of sp³-hybridized carbons (Fsp3) is 0.200. The van der Waals surface area contributed by atoms with Crippen LogP contribution in [0.25, 0.3) is 33.4 Å². The summed E-state index contributed by atoms with van der Waals surface area (Å²) in [5.74, 6) is 0. The van der Waals surface area contributed by atoms with E-state index in [-0.39, 0.29) is 0 Å². The molecule has 0 saturated carbocycles. The molecule has 0 atom stereocenters. The van der Waals surface area contributed by atoms with E-state index in [9.17, 15) is 0 Å². The normalized spacial score (nSPS) is 11.2. The molecular weight excluding hydrogens is 555 g/mol. The van der Waals surface area contributed by atoms with Gasteiger partial charge in [-0.3, -0.25) is 0 Å². The maximum Gasteiger partial charge on any atom is 0.0464 e. The van der Waals surface area contributed by atoms with Crippen LogP contribution in [-0.2, 0) is 0 Å². The van der Waals surface area contributed by atoms with E-state index in [2.05, 4.69) is 176 Å². The van der Waals surface area contributed by atoms with Crippen molar-refractivity contribution in [1.29, 1.82) is 0 Å². The van der Waals surface area contributed by atoms with Gasteiger partial charge < -0.3 is 4.90 Å². The quantitative estimate of drug-likeness (QED) is 0.184. The average Bonchev–Trinajstić information content (AvgIpc) is 2.99. The molecule has 0 amide bonds. The molecule has 0 heterocycles. The molecule has 0 fully saturated rings. The second-order valence-electron chi connectivity index (χ2n) is 13.3. The van der Waals surface area contributed by atoms with Crippen LogP contribution in [0.4, 0.5) is 17.1 Å². The molecule has 6 aromatic rings. The van der Waals surface area contributed by atoms with Crippen molar-refractivity contribution in [2.75, 3.05) is 4.90 Å². The highest BCUT2D eigenvalue weighted by atomic mass is 15.1. The van der Waals surface area contributed by atoms with Crippen LogP contribution < -0.4 is 4.90 Å². The Labute approximate surface area is 276 Å². The van der Waals surface area contributed by atoms with Crippen LogP contribution in [0, 0.1) is 62.3 Å². The Balaban J connectivity index is 1.48. The number of hydrogen-bond donors (Lipinski definition) is 0. The van der Waals surface area contributed by atoms with Gasteiger partial charge in [0.1, 0.15) is 0 Å². The van der Waals surface area contributed by atoms with Crippen molar-refractivity contribution in [2.24, 2.45) is 0 Å². The van der Waals surface area contributed by atoms with Crippen LogP contribution in [0.5, 0.6) is 0 Å². The van der Waals surface area contributed by atoms with Crippen LogP contribution in [0.3, 0.4) is 0 Å². The Morgan fingerprint density at radius 1 is 0.261 bits per heavy atom. The van der Waals surface area contributed by atoms with Gasteiger partial charge in [-0.1, -0.05) is 89.5 Å². The van der Waals surface area contributed by atoms with Gasteiger partial charge in [0, 0.05) is 17.1 Å². The number of nitrogens with zero attached hydrogens (tertiary/aromatic N) is 1. The molecule has 0 unspecified atom stereocenters. The number of hydrogen-bond acceptors (Lipinski definition) is 1. The predicted molar refractivity (Wildman–Crippen MR) is 200 cm³/mol. The minimum Gasteiger partial charge on any atom is -0.310 e. The SMILES string of the molecule is Cc1ccc(-c2ccc(N(c3ccc(-c4ccc(C)cc4C)c(C)c3)c3ccc(-c4ccc(C)cc4C)c(C)c3)cc2C)c(C)c1. The summed E-state index contributed by atoms with van der Waals surface area (Å²) < 4.78 is 0. The molecule has 0 N–H and O–H groups in total. The van der Waals surface area contributed by atoms with E-state index in [0.717, 1.165) is 17.1 Å². The third-order valence-corrected chi connectivity index (χ3v) is 9.42. The van der Waals surface area contributed by atoms with E-state index in [0.29, 0.717) is 0 Å². The molecule has 1 heteroatoms. The fourth-order valence-corrected chi connectivity index (χ4v) is 7.06. The minimum absolute atomic E-state index is 1.16. The first-order chi connectivity index (χ1) is 22.0. The van der Waals surface area contributed by atoms with Gasteiger partial charge in [0.05, 0.1) is 0 Å². The van der Waals surface area contributed by atoms with Crippen LogP contribution in [0.1, 0.15) is 50.1 Å². The van der Waals surface area contributed by atoms with Crippen molar-refractivity contribution < 1.29 is 0 Å². The Kier molecular flexibility index (Phi) is 8.45. The van der Waals surface area contributed by atoms with Crippen molar-refractivity contribution in [2.45, 2.75) is 62.3 Å². The van der Waals surface area contributed by atoms with E-state index in [4.69, 9.17) is 0 Å². The summed E-state index contributed by atoms with van der Waals surface area (Å²) in [5.41, 5.74) is 22.8. The van der Waals surface area contributed by atoms with E-state index in [1.54, 1.807) is 0 Å². The summed E-state index contributed by atoms with van der Waals surface area (Å²) in [6.45, 7) is 19.8. The summed E-state index contributed by atoms with van der Waals surface area (Å²) >= 11 is 0. The number of aryl methyl sites for hydroxylation is 9. The van der Waals surface area contributed by atoms with Gasteiger partial charge in [-0.25, -0.2) is 0 Å². The van der Waals surface area contributed by atoms with Gasteiger partial charge in [0.2, 0.25) is 0 Å². The Bertz CT molecular complexity index is 1850. The second kappa shape index (κ2) is 12.5. The zero-order valence-corrected chi connectivity index (χ0v) is 28.8. The summed E-state index contributed by atoms with van der Waals surface area (Å²) in [5, 5.41) is 0. The van der Waals surface area contributed by atoms with Crippen LogP contribution in [0.15, 0.2) is 109 Å². The monoisotopic (exact) mass is 599 g/mol. The van der Waals surface area contributed by atoms with Crippen molar-refractivity contribution in [1.82, 2.24) is 0 Å². The first-order valence-electron chi connectivity index (χ1n) is 16.3. The standard InChI is InChI=1S/C45H45N/c1-28-10-16-40(31(4)22-28)43-19-13-37(25-34(43)7)46(38-14-20-44(35(8)26-38)41-17-11-29(2)23-32(41)5)39-15-21-45(36(9)27-39)42-18-12-30(3)24-33(42)6/h10-27H,1-9H3. The lowest BCUT2D eigenvalue weighted by molar-refractivity contribution is 1.25. The van der Waals surface area contributed by atoms with Crippen molar-refractivity contribution in [3.63, 3.8) is 0 Å². The molecule has 0 aromatic heterocycles. The first-order valence-corrected chi connectivity index (χ1v) is 16.3. The molecule has 0 aliphatic carbocycles. The molecule has 0 spiro atoms. The topological polar surface area (TPSA) is 3.24 Å². The van der Waals surface area contributed by atoms with Crippen LogP contribution >= 0.6 is 0 Å². The number of anilines is 3. The fourth-order valence-electron chi connectivity index (χ4n) is 7.06. The summed E-state index contributed by atoms with van der Waals surface area (Å²) in [4.78, 5) is 2.41. The minimum atomic E-state index is 1.16. The molecular formula is C45H45N. The van der Waals surface area contributed by atoms with Gasteiger partial charge in [0.15, 0.2) is 0 Å². The summed E-state index contributed by atoms with van der Waals surface area (Å²) in [7, 11) is 0. The largest absolute Gasteiger partial charge is 0.310 e. The zero-order chi connectivity index (χ0) is 32.7. The smallest absolute Gasteiger partial charge is 0.0464 e. The summed E-state index contributed by atoms with van der Waals surface area (Å²) in [6.07, 6.45) is 0. The third kappa shape index (κ3) is 6.03. The Morgan fingerprint density at radius 2 is 0.478 bits per heavy atom. The molecule has 1 nitrogen and oxygen atoms in total. The van der Waals surface area contributed by atoms with Crippen LogP contribution in [0.2, 0.25) is 0 Å². The van der Waals surface area contributed by atoms with Crippen molar-refractivity contribution >= 4 is 17.1 Å². The van der Waals surface area contributed by atoms with Crippen molar-refractivity contribution in [3.05, 3.63) is 159 Å². The molecule has 0 radical (unpaired) electrons. The highest BCUT2D eigenvalue weighted by molar-refractivity contribution is 5.84. The molecule has 46 heavy (non-hydrogen) atoms. The van der Waals surface area contributed by atoms with Gasteiger partial charge in [-0.05, 0) is 165 Å². The maximum atomic E-state index is 2.41. The molecule has 0 saturated heterocycles. The van der Waals surface area contributed by atoms with E-state index >= 15 is 0 Å². The zero-order valence-electron chi connectivity index (χ0n) is 28.8. The predicted octanol–water partition coefficient (Wildman–Crippen LogP) is 12.9.